The highest BCUT2D eigenvalue weighted by molar-refractivity contribution is 5.71. The summed E-state index contributed by atoms with van der Waals surface area (Å²) in [7, 11) is 0. The van der Waals surface area contributed by atoms with E-state index in [0.717, 1.165) is 12.8 Å². The van der Waals surface area contributed by atoms with Crippen molar-refractivity contribution in [3.63, 3.8) is 0 Å². The number of unbranched alkanes of at least 4 members (excludes halogenated alkanes) is 1. The zero-order valence-corrected chi connectivity index (χ0v) is 9.16. The van der Waals surface area contributed by atoms with E-state index in [-0.39, 0.29) is 12.6 Å². The average molecular weight is 201 g/mol. The first kappa shape index (κ1) is 12.9. The predicted octanol–water partition coefficient (Wildman–Crippen LogP) is 1.83. The fourth-order valence-corrected chi connectivity index (χ4v) is 0.963. The quantitative estimate of drug-likeness (QED) is 0.486. The van der Waals surface area contributed by atoms with Crippen LogP contribution in [0.5, 0.6) is 0 Å². The minimum absolute atomic E-state index is 0.00525. The van der Waals surface area contributed by atoms with Gasteiger partial charge in [0.1, 0.15) is 6.29 Å². The Morgan fingerprint density at radius 2 is 2.14 bits per heavy atom. The molecule has 0 atom stereocenters. The lowest BCUT2D eigenvalue weighted by molar-refractivity contribution is -0.109. The summed E-state index contributed by atoms with van der Waals surface area (Å²) in [5.41, 5.74) is 0. The van der Waals surface area contributed by atoms with Gasteiger partial charge in [0.05, 0.1) is 13.2 Å². The van der Waals surface area contributed by atoms with Gasteiger partial charge in [-0.2, -0.15) is 0 Å². The maximum Gasteiger partial charge on any atom is 0.410 e. The summed E-state index contributed by atoms with van der Waals surface area (Å²) in [6, 6.07) is -0.00525. The minimum Gasteiger partial charge on any atom is -0.449 e. The van der Waals surface area contributed by atoms with E-state index in [9.17, 15) is 9.59 Å². The Labute approximate surface area is 85.2 Å². The monoisotopic (exact) mass is 201 g/mol. The molecule has 0 unspecified atom stereocenters. The minimum atomic E-state index is -0.402. The van der Waals surface area contributed by atoms with Crippen LogP contribution >= 0.6 is 0 Å². The number of nitrogens with zero attached hydrogens (tertiary/aromatic N) is 1. The highest BCUT2D eigenvalue weighted by atomic mass is 16.6. The van der Waals surface area contributed by atoms with Crippen molar-refractivity contribution in [2.45, 2.75) is 39.7 Å². The third kappa shape index (κ3) is 4.84. The van der Waals surface area contributed by atoms with Crippen LogP contribution in [0.1, 0.15) is 33.6 Å². The van der Waals surface area contributed by atoms with Crippen molar-refractivity contribution >= 4 is 12.4 Å². The molecular formula is C10H19NO3. The molecule has 0 bridgehead atoms. The van der Waals surface area contributed by atoms with Gasteiger partial charge in [-0.25, -0.2) is 4.79 Å². The smallest absolute Gasteiger partial charge is 0.410 e. The molecule has 14 heavy (non-hydrogen) atoms. The van der Waals surface area contributed by atoms with Crippen molar-refractivity contribution in [1.29, 1.82) is 0 Å². The largest absolute Gasteiger partial charge is 0.449 e. The van der Waals surface area contributed by atoms with Gasteiger partial charge in [-0.05, 0) is 20.3 Å². The van der Waals surface area contributed by atoms with Gasteiger partial charge in [-0.3, -0.25) is 4.90 Å². The summed E-state index contributed by atoms with van der Waals surface area (Å²) in [5.74, 6) is 0. The summed E-state index contributed by atoms with van der Waals surface area (Å²) in [6.07, 6.45) is 2.16. The molecule has 0 aliphatic rings. The summed E-state index contributed by atoms with van der Waals surface area (Å²) in [6.45, 7) is 6.26. The zero-order valence-electron chi connectivity index (χ0n) is 9.16. The van der Waals surface area contributed by atoms with Crippen LogP contribution in [-0.2, 0) is 9.53 Å². The molecule has 0 saturated carbocycles. The van der Waals surface area contributed by atoms with Gasteiger partial charge in [-0.15, -0.1) is 0 Å². The van der Waals surface area contributed by atoms with Gasteiger partial charge < -0.3 is 9.53 Å². The zero-order chi connectivity index (χ0) is 11.0. The maximum atomic E-state index is 11.4. The van der Waals surface area contributed by atoms with Crippen LogP contribution in [0.2, 0.25) is 0 Å². The molecule has 0 aliphatic heterocycles. The second-order valence-electron chi connectivity index (χ2n) is 3.38. The van der Waals surface area contributed by atoms with Gasteiger partial charge in [0.15, 0.2) is 0 Å². The fourth-order valence-electron chi connectivity index (χ4n) is 0.963. The van der Waals surface area contributed by atoms with Gasteiger partial charge in [0.2, 0.25) is 0 Å². The Kier molecular flexibility index (Phi) is 6.80. The molecule has 1 amide bonds. The third-order valence-corrected chi connectivity index (χ3v) is 1.85. The van der Waals surface area contributed by atoms with E-state index in [2.05, 4.69) is 0 Å². The SMILES string of the molecule is CCCCOC(=O)N(CC=O)C(C)C. The number of ether oxygens (including phenoxy) is 1. The van der Waals surface area contributed by atoms with Gasteiger partial charge in [-0.1, -0.05) is 13.3 Å². The summed E-state index contributed by atoms with van der Waals surface area (Å²) >= 11 is 0. The molecule has 0 aromatic heterocycles. The summed E-state index contributed by atoms with van der Waals surface area (Å²) < 4.78 is 4.99. The first-order valence-corrected chi connectivity index (χ1v) is 5.00. The van der Waals surface area contributed by atoms with Crippen LogP contribution in [0.3, 0.4) is 0 Å². The molecule has 0 heterocycles. The predicted molar refractivity (Wildman–Crippen MR) is 54.2 cm³/mol. The van der Waals surface area contributed by atoms with E-state index in [1.54, 1.807) is 0 Å². The first-order valence-electron chi connectivity index (χ1n) is 5.00. The Morgan fingerprint density at radius 3 is 2.57 bits per heavy atom. The van der Waals surface area contributed by atoms with E-state index in [0.29, 0.717) is 12.9 Å². The van der Waals surface area contributed by atoms with Crippen LogP contribution in [0.15, 0.2) is 0 Å². The van der Waals surface area contributed by atoms with Gasteiger partial charge in [0, 0.05) is 6.04 Å². The molecule has 0 saturated heterocycles. The number of amides is 1. The highest BCUT2D eigenvalue weighted by Crippen LogP contribution is 2.01. The lowest BCUT2D eigenvalue weighted by atomic mass is 10.3. The lowest BCUT2D eigenvalue weighted by Crippen LogP contribution is -2.38. The van der Waals surface area contributed by atoms with Gasteiger partial charge >= 0.3 is 6.09 Å². The first-order chi connectivity index (χ1) is 6.63. The van der Waals surface area contributed by atoms with Gasteiger partial charge in [0.25, 0.3) is 0 Å². The Hall–Kier alpha value is -1.06. The number of carbonyl (C=O) groups is 2. The molecule has 0 N–H and O–H groups in total. The summed E-state index contributed by atoms with van der Waals surface area (Å²) in [5, 5.41) is 0. The Bertz CT molecular complexity index is 180. The van der Waals surface area contributed by atoms with Crippen molar-refractivity contribution < 1.29 is 14.3 Å². The van der Waals surface area contributed by atoms with E-state index < -0.39 is 6.09 Å². The second-order valence-corrected chi connectivity index (χ2v) is 3.38. The number of hydrogen-bond donors (Lipinski definition) is 0. The van der Waals surface area contributed by atoms with Crippen molar-refractivity contribution in [3.05, 3.63) is 0 Å². The highest BCUT2D eigenvalue weighted by Gasteiger charge is 2.16. The van der Waals surface area contributed by atoms with Crippen LogP contribution < -0.4 is 0 Å². The number of aldehydes is 1. The Balaban J connectivity index is 3.95. The average Bonchev–Trinajstić information content (AvgIpc) is 2.13. The molecule has 0 spiro atoms. The number of rotatable bonds is 6. The molecular weight excluding hydrogens is 182 g/mol. The molecule has 0 fully saturated rings. The summed E-state index contributed by atoms with van der Waals surface area (Å²) in [4.78, 5) is 23.1. The van der Waals surface area contributed by atoms with E-state index >= 15 is 0 Å². The Morgan fingerprint density at radius 1 is 1.50 bits per heavy atom. The molecule has 0 rings (SSSR count). The lowest BCUT2D eigenvalue weighted by Gasteiger charge is -2.23. The van der Waals surface area contributed by atoms with Crippen molar-refractivity contribution in [2.24, 2.45) is 0 Å². The number of carbonyl (C=O) groups excluding carboxylic acids is 2. The normalized spacial score (nSPS) is 10.0. The standard InChI is InChI=1S/C10H19NO3/c1-4-5-8-14-10(13)11(6-7-12)9(2)3/h7,9H,4-6,8H2,1-3H3. The van der Waals surface area contributed by atoms with Crippen LogP contribution in [0, 0.1) is 0 Å². The molecule has 4 heteroatoms. The second kappa shape index (κ2) is 7.35. The van der Waals surface area contributed by atoms with Crippen LogP contribution in [0.25, 0.3) is 0 Å². The molecule has 0 aromatic carbocycles. The topological polar surface area (TPSA) is 46.6 Å². The van der Waals surface area contributed by atoms with Crippen LogP contribution in [-0.4, -0.2) is 36.5 Å². The maximum absolute atomic E-state index is 11.4. The molecule has 0 radical (unpaired) electrons. The van der Waals surface area contributed by atoms with Crippen molar-refractivity contribution in [3.8, 4) is 0 Å². The van der Waals surface area contributed by atoms with E-state index in [1.165, 1.54) is 4.90 Å². The molecule has 4 nitrogen and oxygen atoms in total. The van der Waals surface area contributed by atoms with Crippen molar-refractivity contribution in [1.82, 2.24) is 4.90 Å². The molecule has 82 valence electrons. The van der Waals surface area contributed by atoms with Crippen molar-refractivity contribution in [2.75, 3.05) is 13.2 Å². The fraction of sp³-hybridized carbons (Fsp3) is 0.800. The third-order valence-electron chi connectivity index (χ3n) is 1.85. The molecule has 0 aliphatic carbocycles. The van der Waals surface area contributed by atoms with Crippen LogP contribution in [0.4, 0.5) is 4.79 Å². The van der Waals surface area contributed by atoms with E-state index in [4.69, 9.17) is 4.74 Å². The van der Waals surface area contributed by atoms with E-state index in [1.807, 2.05) is 20.8 Å². The number of hydrogen-bond acceptors (Lipinski definition) is 3. The molecule has 0 aromatic rings.